The molecule has 0 atom stereocenters. The SMILES string of the molecule is CCOC1CCC(OCCCC(=O)NC2CCC(C(=O)C(C)C)CC2)CC1. The summed E-state index contributed by atoms with van der Waals surface area (Å²) in [5, 5.41) is 3.14. The van der Waals surface area contributed by atoms with E-state index in [1.165, 1.54) is 0 Å². The molecule has 0 saturated heterocycles. The fraction of sp³-hybridized carbons (Fsp3) is 0.909. The fourth-order valence-corrected chi connectivity index (χ4v) is 4.38. The first-order valence-corrected chi connectivity index (χ1v) is 11.1. The first-order valence-electron chi connectivity index (χ1n) is 11.1. The molecule has 5 heteroatoms. The van der Waals surface area contributed by atoms with E-state index in [2.05, 4.69) is 5.32 Å². The van der Waals surface area contributed by atoms with Gasteiger partial charge >= 0.3 is 0 Å². The van der Waals surface area contributed by atoms with Crippen LogP contribution in [0.3, 0.4) is 0 Å². The van der Waals surface area contributed by atoms with Gasteiger partial charge in [0.05, 0.1) is 12.2 Å². The van der Waals surface area contributed by atoms with Crippen LogP contribution in [0.2, 0.25) is 0 Å². The van der Waals surface area contributed by atoms with Gasteiger partial charge in [0.1, 0.15) is 5.78 Å². The van der Waals surface area contributed by atoms with Gasteiger partial charge in [-0.1, -0.05) is 13.8 Å². The lowest BCUT2D eigenvalue weighted by molar-refractivity contribution is -0.127. The number of hydrogen-bond donors (Lipinski definition) is 1. The van der Waals surface area contributed by atoms with Crippen LogP contribution in [-0.4, -0.2) is 43.2 Å². The van der Waals surface area contributed by atoms with Gasteiger partial charge in [0.25, 0.3) is 0 Å². The van der Waals surface area contributed by atoms with Crippen molar-refractivity contribution >= 4 is 11.7 Å². The summed E-state index contributed by atoms with van der Waals surface area (Å²) in [5.41, 5.74) is 0. The summed E-state index contributed by atoms with van der Waals surface area (Å²) in [7, 11) is 0. The van der Waals surface area contributed by atoms with Crippen molar-refractivity contribution in [1.82, 2.24) is 5.32 Å². The molecule has 0 aromatic rings. The monoisotopic (exact) mass is 381 g/mol. The number of carbonyl (C=O) groups excluding carboxylic acids is 2. The van der Waals surface area contributed by atoms with E-state index >= 15 is 0 Å². The van der Waals surface area contributed by atoms with Crippen LogP contribution in [0.5, 0.6) is 0 Å². The minimum Gasteiger partial charge on any atom is -0.379 e. The maximum absolute atomic E-state index is 12.2. The molecule has 2 aliphatic carbocycles. The molecule has 1 amide bonds. The number of nitrogens with one attached hydrogen (secondary N) is 1. The van der Waals surface area contributed by atoms with E-state index in [9.17, 15) is 9.59 Å². The molecule has 5 nitrogen and oxygen atoms in total. The van der Waals surface area contributed by atoms with Gasteiger partial charge < -0.3 is 14.8 Å². The van der Waals surface area contributed by atoms with Gasteiger partial charge in [-0.05, 0) is 64.7 Å². The molecule has 156 valence electrons. The minimum absolute atomic E-state index is 0.121. The number of hydrogen-bond acceptors (Lipinski definition) is 4. The van der Waals surface area contributed by atoms with Crippen LogP contribution < -0.4 is 5.32 Å². The number of Topliss-reactive ketones (excluding diaryl/α,β-unsaturated/α-hetero) is 1. The molecular weight excluding hydrogens is 342 g/mol. The molecule has 1 N–H and O–H groups in total. The van der Waals surface area contributed by atoms with E-state index in [-0.39, 0.29) is 23.8 Å². The Balaban J connectivity index is 1.51. The number of ether oxygens (including phenoxy) is 2. The summed E-state index contributed by atoms with van der Waals surface area (Å²) >= 11 is 0. The Hall–Kier alpha value is -0.940. The molecule has 2 fully saturated rings. The number of amides is 1. The highest BCUT2D eigenvalue weighted by atomic mass is 16.5. The van der Waals surface area contributed by atoms with Gasteiger partial charge in [0, 0.05) is 37.5 Å². The maximum Gasteiger partial charge on any atom is 0.220 e. The topological polar surface area (TPSA) is 64.6 Å². The predicted octanol–water partition coefficient (Wildman–Crippen LogP) is 4.03. The van der Waals surface area contributed by atoms with Gasteiger partial charge in [0.2, 0.25) is 5.91 Å². The molecule has 0 heterocycles. The molecule has 0 aromatic heterocycles. The molecule has 0 aromatic carbocycles. The van der Waals surface area contributed by atoms with Crippen LogP contribution in [0.25, 0.3) is 0 Å². The van der Waals surface area contributed by atoms with Crippen LogP contribution >= 0.6 is 0 Å². The van der Waals surface area contributed by atoms with Crippen molar-refractivity contribution in [2.75, 3.05) is 13.2 Å². The zero-order valence-corrected chi connectivity index (χ0v) is 17.5. The zero-order chi connectivity index (χ0) is 19.6. The molecule has 2 rings (SSSR count). The summed E-state index contributed by atoms with van der Waals surface area (Å²) in [6.45, 7) is 7.45. The van der Waals surface area contributed by atoms with Gasteiger partial charge in [0.15, 0.2) is 0 Å². The average molecular weight is 382 g/mol. The van der Waals surface area contributed by atoms with Crippen molar-refractivity contribution in [3.63, 3.8) is 0 Å². The Morgan fingerprint density at radius 3 is 2.07 bits per heavy atom. The Bertz CT molecular complexity index is 449. The zero-order valence-electron chi connectivity index (χ0n) is 17.5. The predicted molar refractivity (Wildman–Crippen MR) is 107 cm³/mol. The fourth-order valence-electron chi connectivity index (χ4n) is 4.38. The van der Waals surface area contributed by atoms with Crippen molar-refractivity contribution in [2.24, 2.45) is 11.8 Å². The highest BCUT2D eigenvalue weighted by Crippen LogP contribution is 2.27. The van der Waals surface area contributed by atoms with Crippen LogP contribution in [0.1, 0.15) is 85.0 Å². The molecule has 0 unspecified atom stereocenters. The van der Waals surface area contributed by atoms with Crippen molar-refractivity contribution in [2.45, 2.75) is 103 Å². The van der Waals surface area contributed by atoms with Crippen molar-refractivity contribution in [3.05, 3.63) is 0 Å². The minimum atomic E-state index is 0.121. The van der Waals surface area contributed by atoms with Crippen molar-refractivity contribution < 1.29 is 19.1 Å². The molecule has 0 spiro atoms. The first kappa shape index (κ1) is 22.4. The third-order valence-electron chi connectivity index (χ3n) is 5.99. The molecule has 27 heavy (non-hydrogen) atoms. The van der Waals surface area contributed by atoms with Crippen LogP contribution in [0, 0.1) is 11.8 Å². The standard InChI is InChI=1S/C22H39NO4/c1-4-26-19-11-13-20(14-12-19)27-15-5-6-21(24)23-18-9-7-17(8-10-18)22(25)16(2)3/h16-20H,4-15H2,1-3H3,(H,23,24). The summed E-state index contributed by atoms with van der Waals surface area (Å²) < 4.78 is 11.6. The van der Waals surface area contributed by atoms with E-state index in [0.29, 0.717) is 31.0 Å². The molecule has 2 aliphatic rings. The third kappa shape index (κ3) is 7.90. The molecule has 0 bridgehead atoms. The van der Waals surface area contributed by atoms with E-state index < -0.39 is 0 Å². The summed E-state index contributed by atoms with van der Waals surface area (Å²) in [6.07, 6.45) is 10.0. The second-order valence-electron chi connectivity index (χ2n) is 8.50. The number of ketones is 1. The van der Waals surface area contributed by atoms with E-state index in [1.54, 1.807) is 0 Å². The first-order chi connectivity index (χ1) is 13.0. The van der Waals surface area contributed by atoms with Gasteiger partial charge in [-0.25, -0.2) is 0 Å². The third-order valence-corrected chi connectivity index (χ3v) is 5.99. The summed E-state index contributed by atoms with van der Waals surface area (Å²) in [5.74, 6) is 0.823. The second-order valence-corrected chi connectivity index (χ2v) is 8.50. The van der Waals surface area contributed by atoms with Gasteiger partial charge in [-0.3, -0.25) is 9.59 Å². The Morgan fingerprint density at radius 1 is 0.926 bits per heavy atom. The smallest absolute Gasteiger partial charge is 0.220 e. The molecular formula is C22H39NO4. The Kier molecular flexibility index (Phi) is 9.77. The molecule has 2 saturated carbocycles. The lowest BCUT2D eigenvalue weighted by atomic mass is 9.80. The number of carbonyl (C=O) groups is 2. The van der Waals surface area contributed by atoms with Crippen LogP contribution in [-0.2, 0) is 19.1 Å². The van der Waals surface area contributed by atoms with Crippen LogP contribution in [0.15, 0.2) is 0 Å². The largest absolute Gasteiger partial charge is 0.379 e. The quantitative estimate of drug-likeness (QED) is 0.580. The molecule has 0 radical (unpaired) electrons. The van der Waals surface area contributed by atoms with E-state index in [0.717, 1.165) is 64.4 Å². The van der Waals surface area contributed by atoms with Gasteiger partial charge in [-0.2, -0.15) is 0 Å². The lowest BCUT2D eigenvalue weighted by Gasteiger charge is -2.29. The summed E-state index contributed by atoms with van der Waals surface area (Å²) in [4.78, 5) is 24.2. The lowest BCUT2D eigenvalue weighted by Crippen LogP contribution is -2.39. The maximum atomic E-state index is 12.2. The van der Waals surface area contributed by atoms with Crippen molar-refractivity contribution in [1.29, 1.82) is 0 Å². The highest BCUT2D eigenvalue weighted by molar-refractivity contribution is 5.83. The van der Waals surface area contributed by atoms with Crippen molar-refractivity contribution in [3.8, 4) is 0 Å². The normalized spacial score (nSPS) is 28.9. The van der Waals surface area contributed by atoms with Gasteiger partial charge in [-0.15, -0.1) is 0 Å². The second kappa shape index (κ2) is 11.8. The Morgan fingerprint density at radius 2 is 1.52 bits per heavy atom. The van der Waals surface area contributed by atoms with E-state index in [1.807, 2.05) is 20.8 Å². The summed E-state index contributed by atoms with van der Waals surface area (Å²) in [6, 6.07) is 0.239. The molecule has 0 aliphatic heterocycles. The van der Waals surface area contributed by atoms with Crippen LogP contribution in [0.4, 0.5) is 0 Å². The average Bonchev–Trinajstić information content (AvgIpc) is 2.66. The Labute approximate surface area is 164 Å². The number of rotatable bonds is 10. The highest BCUT2D eigenvalue weighted by Gasteiger charge is 2.28. The van der Waals surface area contributed by atoms with E-state index in [4.69, 9.17) is 9.47 Å².